The molecule has 0 aromatic carbocycles. The summed E-state index contributed by atoms with van der Waals surface area (Å²) >= 11 is 7.39. The number of hydrogen-bond donors (Lipinski definition) is 1. The zero-order chi connectivity index (χ0) is 16.5. The van der Waals surface area contributed by atoms with Gasteiger partial charge in [-0.15, -0.1) is 23.4 Å². The van der Waals surface area contributed by atoms with Crippen LogP contribution in [0.2, 0.25) is 0 Å². The van der Waals surface area contributed by atoms with E-state index in [1.165, 1.54) is 22.9 Å². The maximum atomic E-state index is 12.3. The van der Waals surface area contributed by atoms with Gasteiger partial charge in [-0.3, -0.25) is 10.1 Å². The molecule has 1 aromatic rings. The molecule has 0 bridgehead atoms. The Morgan fingerprint density at radius 1 is 1.55 bits per heavy atom. The van der Waals surface area contributed by atoms with Gasteiger partial charge in [-0.05, 0) is 16.7 Å². The second-order valence-corrected chi connectivity index (χ2v) is 8.62. The predicted octanol–water partition coefficient (Wildman–Crippen LogP) is 0.356. The maximum absolute atomic E-state index is 12.3. The van der Waals surface area contributed by atoms with Crippen LogP contribution in [0.1, 0.15) is 0 Å². The van der Waals surface area contributed by atoms with Gasteiger partial charge in [0.15, 0.2) is 13.9 Å². The number of nitrogens with zero attached hydrogens (tertiary/aromatic N) is 4. The lowest BCUT2D eigenvalue weighted by molar-refractivity contribution is -0.113. The van der Waals surface area contributed by atoms with Crippen LogP contribution in [-0.2, 0) is 21.7 Å². The average molecular weight is 364 g/mol. The number of alkyl halides is 1. The zero-order valence-electron chi connectivity index (χ0n) is 12.0. The summed E-state index contributed by atoms with van der Waals surface area (Å²) in [6, 6.07) is 0. The molecule has 0 spiro atoms. The minimum absolute atomic E-state index is 0.131. The minimum atomic E-state index is -3.55. The molecule has 0 saturated heterocycles. The van der Waals surface area contributed by atoms with Crippen molar-refractivity contribution in [2.75, 3.05) is 17.8 Å². The van der Waals surface area contributed by atoms with E-state index in [-0.39, 0.29) is 11.5 Å². The van der Waals surface area contributed by atoms with Gasteiger partial charge in [0.1, 0.15) is 0 Å². The van der Waals surface area contributed by atoms with Crippen molar-refractivity contribution in [2.24, 2.45) is 7.05 Å². The Hall–Kier alpha value is -1.39. The van der Waals surface area contributed by atoms with Crippen molar-refractivity contribution < 1.29 is 13.2 Å². The van der Waals surface area contributed by atoms with Crippen molar-refractivity contribution in [3.05, 3.63) is 23.8 Å². The lowest BCUT2D eigenvalue weighted by Crippen LogP contribution is -2.45. The Kier molecular flexibility index (Phi) is 4.64. The molecule has 2 rings (SSSR count). The highest BCUT2D eigenvalue weighted by Crippen LogP contribution is 2.42. The average Bonchev–Trinajstić information content (AvgIpc) is 2.83. The van der Waals surface area contributed by atoms with Gasteiger partial charge in [0, 0.05) is 18.9 Å². The van der Waals surface area contributed by atoms with Gasteiger partial charge in [-0.25, -0.2) is 13.1 Å². The standard InChI is InChI=1S/C11H14ClN5O3S2/c1-17-10(14-15-16-17)13-9(18)7-5-4-6-11(21-2,8(7)12)22(3,19)20/h4-6,8H,1-3H3,(H,13,14,16,18). The number of aryl methyl sites for hydroxylation is 1. The van der Waals surface area contributed by atoms with E-state index in [0.717, 1.165) is 18.0 Å². The third kappa shape index (κ3) is 2.77. The molecule has 8 nitrogen and oxygen atoms in total. The molecular weight excluding hydrogens is 350 g/mol. The highest BCUT2D eigenvalue weighted by Gasteiger charge is 2.48. The van der Waals surface area contributed by atoms with E-state index in [4.69, 9.17) is 11.6 Å². The summed E-state index contributed by atoms with van der Waals surface area (Å²) in [6.45, 7) is 0. The number of tetrazole rings is 1. The normalized spacial score (nSPS) is 24.9. The van der Waals surface area contributed by atoms with Gasteiger partial charge in [0.05, 0.1) is 5.38 Å². The molecule has 1 aliphatic rings. The molecule has 0 fully saturated rings. The maximum Gasteiger partial charge on any atom is 0.255 e. The van der Waals surface area contributed by atoms with Crippen LogP contribution in [0.25, 0.3) is 0 Å². The summed E-state index contributed by atoms with van der Waals surface area (Å²) in [5, 5.41) is 12.1. The molecule has 22 heavy (non-hydrogen) atoms. The van der Waals surface area contributed by atoms with E-state index in [0.29, 0.717) is 0 Å². The fraction of sp³-hybridized carbons (Fsp3) is 0.455. The summed E-state index contributed by atoms with van der Waals surface area (Å²) in [4.78, 5) is 12.3. The first-order valence-corrected chi connectivity index (χ1v) is 9.60. The number of allylic oxidation sites excluding steroid dienone is 2. The Balaban J connectivity index is 2.33. The van der Waals surface area contributed by atoms with E-state index in [2.05, 4.69) is 20.8 Å². The molecule has 2 unspecified atom stereocenters. The number of rotatable bonds is 4. The highest BCUT2D eigenvalue weighted by atomic mass is 35.5. The molecule has 1 heterocycles. The summed E-state index contributed by atoms with van der Waals surface area (Å²) in [6.07, 6.45) is 7.22. The fourth-order valence-corrected chi connectivity index (χ4v) is 5.59. The third-order valence-corrected chi connectivity index (χ3v) is 8.02. The molecule has 120 valence electrons. The van der Waals surface area contributed by atoms with Gasteiger partial charge < -0.3 is 0 Å². The third-order valence-electron chi connectivity index (χ3n) is 3.24. The van der Waals surface area contributed by atoms with Crippen molar-refractivity contribution in [2.45, 2.75) is 9.46 Å². The number of sulfone groups is 1. The van der Waals surface area contributed by atoms with E-state index in [9.17, 15) is 13.2 Å². The molecule has 11 heteroatoms. The molecule has 1 aromatic heterocycles. The molecule has 0 radical (unpaired) electrons. The lowest BCUT2D eigenvalue weighted by Gasteiger charge is -2.34. The first kappa shape index (κ1) is 17.0. The Morgan fingerprint density at radius 3 is 2.73 bits per heavy atom. The van der Waals surface area contributed by atoms with Crippen LogP contribution in [0.15, 0.2) is 23.8 Å². The fourth-order valence-electron chi connectivity index (χ4n) is 2.01. The SMILES string of the molecule is CSC1(S(C)(=O)=O)C=CC=C(C(=O)Nc2nnnn2C)C1Cl. The molecule has 0 aliphatic heterocycles. The van der Waals surface area contributed by atoms with E-state index >= 15 is 0 Å². The molecule has 1 aliphatic carbocycles. The summed E-state index contributed by atoms with van der Waals surface area (Å²) in [5.74, 6) is -0.414. The van der Waals surface area contributed by atoms with Crippen molar-refractivity contribution in [1.82, 2.24) is 20.2 Å². The summed E-state index contributed by atoms with van der Waals surface area (Å²) in [7, 11) is -1.98. The van der Waals surface area contributed by atoms with Crippen molar-refractivity contribution in [1.29, 1.82) is 0 Å². The van der Waals surface area contributed by atoms with Crippen molar-refractivity contribution in [3.63, 3.8) is 0 Å². The van der Waals surface area contributed by atoms with Gasteiger partial charge in [-0.2, -0.15) is 0 Å². The first-order chi connectivity index (χ1) is 10.2. The lowest BCUT2D eigenvalue weighted by atomic mass is 10.0. The second kappa shape index (κ2) is 6.01. The Morgan fingerprint density at radius 2 is 2.23 bits per heavy atom. The van der Waals surface area contributed by atoms with E-state index in [1.54, 1.807) is 13.3 Å². The van der Waals surface area contributed by atoms with Crippen molar-refractivity contribution in [3.8, 4) is 0 Å². The highest BCUT2D eigenvalue weighted by molar-refractivity contribution is 8.14. The number of amides is 1. The number of hydrogen-bond acceptors (Lipinski definition) is 7. The van der Waals surface area contributed by atoms with Gasteiger partial charge in [-0.1, -0.05) is 23.3 Å². The van der Waals surface area contributed by atoms with Crippen LogP contribution in [0.5, 0.6) is 0 Å². The van der Waals surface area contributed by atoms with Gasteiger partial charge in [0.25, 0.3) is 5.91 Å². The monoisotopic (exact) mass is 363 g/mol. The molecule has 2 atom stereocenters. The number of carbonyl (C=O) groups is 1. The topological polar surface area (TPSA) is 107 Å². The molecule has 1 amide bonds. The van der Waals surface area contributed by atoms with Crippen LogP contribution in [-0.4, -0.2) is 56.5 Å². The number of carbonyl (C=O) groups excluding carboxylic acids is 1. The smallest absolute Gasteiger partial charge is 0.255 e. The predicted molar refractivity (Wildman–Crippen MR) is 85.4 cm³/mol. The summed E-state index contributed by atoms with van der Waals surface area (Å²) in [5.41, 5.74) is 0.131. The Labute approximate surface area is 136 Å². The van der Waals surface area contributed by atoms with Gasteiger partial charge in [0.2, 0.25) is 5.95 Å². The number of thioether (sulfide) groups is 1. The number of halogens is 1. The van der Waals surface area contributed by atoms with Gasteiger partial charge >= 0.3 is 0 Å². The van der Waals surface area contributed by atoms with Crippen LogP contribution in [0, 0.1) is 0 Å². The van der Waals surface area contributed by atoms with Crippen LogP contribution in [0.3, 0.4) is 0 Å². The molecule has 0 saturated carbocycles. The quantitative estimate of drug-likeness (QED) is 0.769. The largest absolute Gasteiger partial charge is 0.289 e. The first-order valence-electron chi connectivity index (χ1n) is 6.05. The van der Waals surface area contributed by atoms with E-state index in [1.807, 2.05) is 0 Å². The minimum Gasteiger partial charge on any atom is -0.289 e. The van der Waals surface area contributed by atoms with Crippen molar-refractivity contribution >= 4 is 45.1 Å². The number of anilines is 1. The molecular formula is C11H14ClN5O3S2. The summed E-state index contributed by atoms with van der Waals surface area (Å²) < 4.78 is 24.2. The van der Waals surface area contributed by atoms with Crippen LogP contribution in [0.4, 0.5) is 5.95 Å². The van der Waals surface area contributed by atoms with Crippen LogP contribution >= 0.6 is 23.4 Å². The number of nitrogens with one attached hydrogen (secondary N) is 1. The second-order valence-electron chi connectivity index (χ2n) is 4.62. The zero-order valence-corrected chi connectivity index (χ0v) is 14.4. The van der Waals surface area contributed by atoms with Crippen LogP contribution < -0.4 is 5.32 Å². The number of aromatic nitrogens is 4. The Bertz CT molecular complexity index is 758. The van der Waals surface area contributed by atoms with E-state index < -0.39 is 25.2 Å². The molecule has 1 N–H and O–H groups in total.